The zero-order valence-electron chi connectivity index (χ0n) is 22.0. The number of aliphatic hydroxyl groups is 1. The van der Waals surface area contributed by atoms with Crippen LogP contribution in [0.25, 0.3) is 5.76 Å². The van der Waals surface area contributed by atoms with Gasteiger partial charge in [0.1, 0.15) is 11.5 Å². The number of hydrogen-bond donors (Lipinski definition) is 1. The minimum Gasteiger partial charge on any atom is -0.507 e. The smallest absolute Gasteiger partial charge is 0.296 e. The summed E-state index contributed by atoms with van der Waals surface area (Å²) in [5.41, 5.74) is -0.354. The molecule has 2 heterocycles. The second-order valence-electron chi connectivity index (χ2n) is 9.72. The number of likely N-dealkylation sites (tertiary alicyclic amines) is 1. The van der Waals surface area contributed by atoms with Crippen LogP contribution in [0, 0.1) is 0 Å². The Bertz CT molecular complexity index is 1220. The fourth-order valence-electron chi connectivity index (χ4n) is 5.23. The quantitative estimate of drug-likeness (QED) is 0.300. The van der Waals surface area contributed by atoms with Crippen LogP contribution in [-0.4, -0.2) is 72.8 Å². The lowest BCUT2D eigenvalue weighted by molar-refractivity contribution is -0.143. The van der Waals surface area contributed by atoms with E-state index in [-0.39, 0.29) is 23.8 Å². The monoisotopic (exact) mass is 505 g/mol. The van der Waals surface area contributed by atoms with Gasteiger partial charge < -0.3 is 24.5 Å². The van der Waals surface area contributed by atoms with Gasteiger partial charge in [-0.3, -0.25) is 14.4 Å². The number of amides is 2. The van der Waals surface area contributed by atoms with Crippen molar-refractivity contribution in [3.8, 4) is 5.75 Å². The van der Waals surface area contributed by atoms with Crippen LogP contribution >= 0.6 is 0 Å². The maximum atomic E-state index is 14.3. The molecule has 0 radical (unpaired) electrons. The SMILES string of the molecule is CCCOc1ccc(C(O)=C2C(=O)C(=O)N(CCCN(C)C)[C@]23C(=O)N(CCC)c2ccccc23)cc1. The van der Waals surface area contributed by atoms with E-state index < -0.39 is 17.2 Å². The highest BCUT2D eigenvalue weighted by Gasteiger charge is 2.66. The fourth-order valence-corrected chi connectivity index (χ4v) is 5.23. The number of Topliss-reactive ketones (excluding diaryl/α,β-unsaturated/α-hetero) is 1. The van der Waals surface area contributed by atoms with E-state index >= 15 is 0 Å². The third kappa shape index (κ3) is 4.39. The Hall–Kier alpha value is -3.65. The van der Waals surface area contributed by atoms with Gasteiger partial charge in [0.15, 0.2) is 5.54 Å². The summed E-state index contributed by atoms with van der Waals surface area (Å²) < 4.78 is 5.64. The second kappa shape index (κ2) is 10.8. The van der Waals surface area contributed by atoms with E-state index in [2.05, 4.69) is 0 Å². The number of anilines is 1. The van der Waals surface area contributed by atoms with Gasteiger partial charge in [0.05, 0.1) is 17.9 Å². The van der Waals surface area contributed by atoms with E-state index in [9.17, 15) is 19.5 Å². The van der Waals surface area contributed by atoms with E-state index in [1.54, 1.807) is 41.3 Å². The minimum absolute atomic E-state index is 0.180. The molecular formula is C29H35N3O5. The van der Waals surface area contributed by atoms with Crippen molar-refractivity contribution in [3.63, 3.8) is 0 Å². The van der Waals surface area contributed by atoms with Gasteiger partial charge in [-0.25, -0.2) is 0 Å². The number of para-hydroxylation sites is 1. The summed E-state index contributed by atoms with van der Waals surface area (Å²) in [5, 5.41) is 11.6. The summed E-state index contributed by atoms with van der Waals surface area (Å²) in [6.07, 6.45) is 2.12. The highest BCUT2D eigenvalue weighted by molar-refractivity contribution is 6.50. The lowest BCUT2D eigenvalue weighted by atomic mass is 9.82. The molecule has 2 aliphatic heterocycles. The average Bonchev–Trinajstić information content (AvgIpc) is 3.26. The molecule has 0 saturated carbocycles. The Balaban J connectivity index is 1.92. The van der Waals surface area contributed by atoms with Gasteiger partial charge in [-0.05, 0) is 70.2 Å². The van der Waals surface area contributed by atoms with E-state index in [4.69, 9.17) is 4.74 Å². The van der Waals surface area contributed by atoms with Crippen molar-refractivity contribution in [2.45, 2.75) is 38.6 Å². The van der Waals surface area contributed by atoms with Gasteiger partial charge in [-0.1, -0.05) is 32.0 Å². The number of aliphatic hydroxyl groups excluding tert-OH is 1. The van der Waals surface area contributed by atoms with E-state index in [1.807, 2.05) is 45.0 Å². The molecule has 0 aromatic heterocycles. The van der Waals surface area contributed by atoms with Crippen molar-refractivity contribution >= 4 is 29.0 Å². The van der Waals surface area contributed by atoms with Crippen LogP contribution in [0.1, 0.15) is 44.2 Å². The predicted octanol–water partition coefficient (Wildman–Crippen LogP) is 3.76. The molecule has 1 fully saturated rings. The van der Waals surface area contributed by atoms with E-state index in [1.165, 1.54) is 4.90 Å². The molecule has 2 aromatic rings. The first-order valence-corrected chi connectivity index (χ1v) is 12.9. The van der Waals surface area contributed by atoms with E-state index in [0.717, 1.165) is 6.42 Å². The molecule has 196 valence electrons. The van der Waals surface area contributed by atoms with Gasteiger partial charge >= 0.3 is 0 Å². The molecule has 0 unspecified atom stereocenters. The summed E-state index contributed by atoms with van der Waals surface area (Å²) in [6, 6.07) is 13.9. The van der Waals surface area contributed by atoms with Crippen molar-refractivity contribution in [1.29, 1.82) is 0 Å². The molecule has 2 aliphatic rings. The van der Waals surface area contributed by atoms with Crippen LogP contribution in [0.3, 0.4) is 0 Å². The van der Waals surface area contributed by atoms with Crippen molar-refractivity contribution in [1.82, 2.24) is 9.80 Å². The van der Waals surface area contributed by atoms with Crippen LogP contribution in [0.15, 0.2) is 54.1 Å². The van der Waals surface area contributed by atoms with Crippen LogP contribution < -0.4 is 9.64 Å². The predicted molar refractivity (Wildman–Crippen MR) is 142 cm³/mol. The molecule has 1 spiro atoms. The number of ether oxygens (including phenoxy) is 1. The largest absolute Gasteiger partial charge is 0.507 e. The third-order valence-corrected chi connectivity index (χ3v) is 6.84. The number of hydrogen-bond acceptors (Lipinski definition) is 6. The third-order valence-electron chi connectivity index (χ3n) is 6.84. The van der Waals surface area contributed by atoms with Crippen LogP contribution in [0.4, 0.5) is 5.69 Å². The van der Waals surface area contributed by atoms with Crippen molar-refractivity contribution in [2.75, 3.05) is 45.2 Å². The first-order valence-electron chi connectivity index (χ1n) is 12.9. The lowest BCUT2D eigenvalue weighted by Gasteiger charge is -2.34. The standard InChI is InChI=1S/C29H35N3O5/c1-5-16-31-23-11-8-7-10-22(23)29(28(31)36)24(26(34)27(35)32(29)18-9-17-30(3)4)25(33)20-12-14-21(15-13-20)37-19-6-2/h7-8,10-15,33H,5-6,9,16-19H2,1-4H3/t29-/m0/s1. The zero-order valence-corrected chi connectivity index (χ0v) is 22.0. The molecule has 8 nitrogen and oxygen atoms in total. The summed E-state index contributed by atoms with van der Waals surface area (Å²) in [4.78, 5) is 46.4. The number of carbonyl (C=O) groups is 3. The Kier molecular flexibility index (Phi) is 7.68. The topological polar surface area (TPSA) is 90.4 Å². The summed E-state index contributed by atoms with van der Waals surface area (Å²) in [6.45, 7) is 5.84. The molecule has 1 saturated heterocycles. The van der Waals surface area contributed by atoms with Gasteiger partial charge in [-0.15, -0.1) is 0 Å². The number of benzene rings is 2. The zero-order chi connectivity index (χ0) is 26.7. The lowest BCUT2D eigenvalue weighted by Crippen LogP contribution is -2.52. The molecule has 8 heteroatoms. The number of carbonyl (C=O) groups excluding carboxylic acids is 3. The molecule has 1 atom stereocenters. The van der Waals surface area contributed by atoms with Crippen molar-refractivity contribution < 1.29 is 24.2 Å². The van der Waals surface area contributed by atoms with Gasteiger partial charge in [-0.2, -0.15) is 0 Å². The first-order chi connectivity index (χ1) is 17.8. The Morgan fingerprint density at radius 1 is 0.973 bits per heavy atom. The molecular weight excluding hydrogens is 470 g/mol. The van der Waals surface area contributed by atoms with E-state index in [0.29, 0.717) is 55.1 Å². The highest BCUT2D eigenvalue weighted by atomic mass is 16.5. The number of rotatable bonds is 10. The Labute approximate surface area is 218 Å². The van der Waals surface area contributed by atoms with Gasteiger partial charge in [0.2, 0.25) is 0 Å². The molecule has 2 amide bonds. The number of nitrogens with zero attached hydrogens (tertiary/aromatic N) is 3. The molecule has 0 bridgehead atoms. The number of ketones is 1. The molecule has 37 heavy (non-hydrogen) atoms. The first kappa shape index (κ1) is 26.4. The second-order valence-corrected chi connectivity index (χ2v) is 9.72. The van der Waals surface area contributed by atoms with Gasteiger partial charge in [0, 0.05) is 24.2 Å². The van der Waals surface area contributed by atoms with Crippen molar-refractivity contribution in [3.05, 3.63) is 65.2 Å². The molecule has 2 aromatic carbocycles. The Morgan fingerprint density at radius 3 is 2.32 bits per heavy atom. The number of fused-ring (bicyclic) bond motifs is 2. The maximum Gasteiger partial charge on any atom is 0.296 e. The van der Waals surface area contributed by atoms with Crippen LogP contribution in [-0.2, 0) is 19.9 Å². The fraction of sp³-hybridized carbons (Fsp3) is 0.414. The van der Waals surface area contributed by atoms with Gasteiger partial charge in [0.25, 0.3) is 17.6 Å². The minimum atomic E-state index is -1.71. The maximum absolute atomic E-state index is 14.3. The summed E-state index contributed by atoms with van der Waals surface area (Å²) in [5.74, 6) is -1.74. The normalized spacial score (nSPS) is 20.4. The highest BCUT2D eigenvalue weighted by Crippen LogP contribution is 2.53. The molecule has 1 N–H and O–H groups in total. The molecule has 0 aliphatic carbocycles. The summed E-state index contributed by atoms with van der Waals surface area (Å²) in [7, 11) is 3.85. The summed E-state index contributed by atoms with van der Waals surface area (Å²) >= 11 is 0. The van der Waals surface area contributed by atoms with Crippen LogP contribution in [0.5, 0.6) is 5.75 Å². The van der Waals surface area contributed by atoms with Crippen molar-refractivity contribution in [2.24, 2.45) is 0 Å². The average molecular weight is 506 g/mol. The molecule has 4 rings (SSSR count). The Morgan fingerprint density at radius 2 is 1.68 bits per heavy atom. The van der Waals surface area contributed by atoms with Crippen LogP contribution in [0.2, 0.25) is 0 Å².